The van der Waals surface area contributed by atoms with Crippen LogP contribution in [0.3, 0.4) is 0 Å². The zero-order valence-electron chi connectivity index (χ0n) is 10.2. The van der Waals surface area contributed by atoms with Crippen molar-refractivity contribution in [2.45, 2.75) is 38.1 Å². The lowest BCUT2D eigenvalue weighted by Gasteiger charge is -2.43. The van der Waals surface area contributed by atoms with E-state index in [1.807, 2.05) is 12.1 Å². The third kappa shape index (κ3) is 2.38. The SMILES string of the molecule is CN1CCCC[C@@]1(C)Cc1ccc(O)cc1. The Kier molecular flexibility index (Phi) is 3.20. The van der Waals surface area contributed by atoms with Gasteiger partial charge < -0.3 is 10.0 Å². The lowest BCUT2D eigenvalue weighted by atomic mass is 9.83. The van der Waals surface area contributed by atoms with Gasteiger partial charge in [-0.05, 0) is 57.5 Å². The number of piperidine rings is 1. The summed E-state index contributed by atoms with van der Waals surface area (Å²) in [6.45, 7) is 3.55. The van der Waals surface area contributed by atoms with Crippen molar-refractivity contribution in [3.63, 3.8) is 0 Å². The number of rotatable bonds is 2. The second-order valence-corrected chi connectivity index (χ2v) is 5.22. The number of hydrogen-bond donors (Lipinski definition) is 1. The van der Waals surface area contributed by atoms with Crippen molar-refractivity contribution in [1.82, 2.24) is 4.90 Å². The molecule has 1 aliphatic heterocycles. The van der Waals surface area contributed by atoms with E-state index >= 15 is 0 Å². The van der Waals surface area contributed by atoms with Crippen LogP contribution in [0.25, 0.3) is 0 Å². The van der Waals surface area contributed by atoms with E-state index in [-0.39, 0.29) is 5.54 Å². The van der Waals surface area contributed by atoms with Gasteiger partial charge in [0.15, 0.2) is 0 Å². The molecule has 1 heterocycles. The Morgan fingerprint density at radius 1 is 1.25 bits per heavy atom. The number of nitrogens with zero attached hydrogens (tertiary/aromatic N) is 1. The molecule has 0 radical (unpaired) electrons. The lowest BCUT2D eigenvalue weighted by molar-refractivity contribution is 0.0902. The first kappa shape index (κ1) is 11.5. The first-order valence-electron chi connectivity index (χ1n) is 6.09. The normalized spacial score (nSPS) is 26.9. The maximum atomic E-state index is 9.27. The van der Waals surface area contributed by atoms with Gasteiger partial charge in [0.25, 0.3) is 0 Å². The predicted molar refractivity (Wildman–Crippen MR) is 66.7 cm³/mol. The molecule has 0 spiro atoms. The van der Waals surface area contributed by atoms with Crippen LogP contribution in [0.5, 0.6) is 5.75 Å². The Hall–Kier alpha value is -1.02. The Morgan fingerprint density at radius 3 is 2.56 bits per heavy atom. The van der Waals surface area contributed by atoms with Gasteiger partial charge in [0.1, 0.15) is 5.75 Å². The van der Waals surface area contributed by atoms with Crippen molar-refractivity contribution in [1.29, 1.82) is 0 Å². The number of phenolic OH excluding ortho intramolecular Hbond substituents is 1. The maximum Gasteiger partial charge on any atom is 0.115 e. The molecule has 1 aromatic rings. The van der Waals surface area contributed by atoms with Gasteiger partial charge in [-0.3, -0.25) is 0 Å². The molecule has 0 aromatic heterocycles. The average molecular weight is 219 g/mol. The van der Waals surface area contributed by atoms with E-state index in [0.717, 1.165) is 6.42 Å². The number of likely N-dealkylation sites (tertiary alicyclic amines) is 1. The molecule has 2 nitrogen and oxygen atoms in total. The second kappa shape index (κ2) is 4.46. The molecule has 16 heavy (non-hydrogen) atoms. The van der Waals surface area contributed by atoms with Crippen LogP contribution in [0.2, 0.25) is 0 Å². The van der Waals surface area contributed by atoms with E-state index in [1.54, 1.807) is 12.1 Å². The Bertz CT molecular complexity index is 346. The summed E-state index contributed by atoms with van der Waals surface area (Å²) in [5.74, 6) is 0.353. The van der Waals surface area contributed by atoms with Gasteiger partial charge in [0.2, 0.25) is 0 Å². The van der Waals surface area contributed by atoms with Crippen LogP contribution in [0.4, 0.5) is 0 Å². The molecule has 1 N–H and O–H groups in total. The number of hydrogen-bond acceptors (Lipinski definition) is 2. The van der Waals surface area contributed by atoms with Gasteiger partial charge >= 0.3 is 0 Å². The smallest absolute Gasteiger partial charge is 0.115 e. The summed E-state index contributed by atoms with van der Waals surface area (Å²) >= 11 is 0. The summed E-state index contributed by atoms with van der Waals surface area (Å²) in [6.07, 6.45) is 4.99. The van der Waals surface area contributed by atoms with Gasteiger partial charge in [-0.2, -0.15) is 0 Å². The predicted octanol–water partition coefficient (Wildman–Crippen LogP) is 2.81. The van der Waals surface area contributed by atoms with E-state index in [4.69, 9.17) is 0 Å². The summed E-state index contributed by atoms with van der Waals surface area (Å²) in [6, 6.07) is 7.62. The van der Waals surface area contributed by atoms with Crippen LogP contribution in [-0.2, 0) is 6.42 Å². The minimum absolute atomic E-state index is 0.287. The molecule has 0 amide bonds. The molecule has 1 fully saturated rings. The van der Waals surface area contributed by atoms with Crippen LogP contribution in [0, 0.1) is 0 Å². The molecule has 1 saturated heterocycles. The van der Waals surface area contributed by atoms with Crippen molar-refractivity contribution >= 4 is 0 Å². The molecule has 0 bridgehead atoms. The van der Waals surface area contributed by atoms with Crippen molar-refractivity contribution in [3.8, 4) is 5.75 Å². The van der Waals surface area contributed by atoms with Crippen LogP contribution >= 0.6 is 0 Å². The van der Waals surface area contributed by atoms with Gasteiger partial charge in [0, 0.05) is 5.54 Å². The van der Waals surface area contributed by atoms with Crippen LogP contribution in [0.1, 0.15) is 31.7 Å². The molecule has 2 heteroatoms. The molecular weight excluding hydrogens is 198 g/mol. The Morgan fingerprint density at radius 2 is 1.94 bits per heavy atom. The van der Waals surface area contributed by atoms with Crippen LogP contribution in [-0.4, -0.2) is 29.1 Å². The second-order valence-electron chi connectivity index (χ2n) is 5.22. The molecule has 0 aliphatic carbocycles. The number of phenols is 1. The Balaban J connectivity index is 2.10. The van der Waals surface area contributed by atoms with E-state index < -0.39 is 0 Å². The summed E-state index contributed by atoms with van der Waals surface area (Å²) in [7, 11) is 2.22. The molecule has 0 unspecified atom stereocenters. The third-order valence-corrected chi connectivity index (χ3v) is 3.90. The maximum absolute atomic E-state index is 9.27. The first-order valence-corrected chi connectivity index (χ1v) is 6.09. The fourth-order valence-electron chi connectivity index (χ4n) is 2.59. The van der Waals surface area contributed by atoms with Gasteiger partial charge in [-0.15, -0.1) is 0 Å². The summed E-state index contributed by atoms with van der Waals surface area (Å²) in [4.78, 5) is 2.48. The van der Waals surface area contributed by atoms with E-state index in [2.05, 4.69) is 18.9 Å². The largest absolute Gasteiger partial charge is 0.508 e. The highest BCUT2D eigenvalue weighted by Crippen LogP contribution is 2.30. The fourth-order valence-corrected chi connectivity index (χ4v) is 2.59. The minimum atomic E-state index is 0.287. The van der Waals surface area contributed by atoms with Crippen molar-refractivity contribution in [3.05, 3.63) is 29.8 Å². The zero-order chi connectivity index (χ0) is 11.6. The van der Waals surface area contributed by atoms with E-state index in [1.165, 1.54) is 31.4 Å². The first-order chi connectivity index (χ1) is 7.60. The summed E-state index contributed by atoms with van der Waals surface area (Å²) in [5.41, 5.74) is 1.60. The standard InChI is InChI=1S/C14H21NO/c1-14(9-3-4-10-15(14)2)11-12-5-7-13(16)8-6-12/h5-8,16H,3-4,9-11H2,1-2H3/t14-/m0/s1. The van der Waals surface area contributed by atoms with E-state index in [0.29, 0.717) is 5.75 Å². The highest BCUT2D eigenvalue weighted by Gasteiger charge is 2.31. The zero-order valence-corrected chi connectivity index (χ0v) is 10.2. The van der Waals surface area contributed by atoms with Crippen LogP contribution in [0.15, 0.2) is 24.3 Å². The van der Waals surface area contributed by atoms with Gasteiger partial charge in [-0.1, -0.05) is 18.6 Å². The van der Waals surface area contributed by atoms with Crippen molar-refractivity contribution in [2.75, 3.05) is 13.6 Å². The quantitative estimate of drug-likeness (QED) is 0.826. The van der Waals surface area contributed by atoms with Crippen molar-refractivity contribution < 1.29 is 5.11 Å². The Labute approximate surface area is 97.9 Å². The van der Waals surface area contributed by atoms with E-state index in [9.17, 15) is 5.11 Å². The number of aromatic hydroxyl groups is 1. The number of benzene rings is 1. The topological polar surface area (TPSA) is 23.5 Å². The molecular formula is C14H21NO. The van der Waals surface area contributed by atoms with Gasteiger partial charge in [0.05, 0.1) is 0 Å². The third-order valence-electron chi connectivity index (χ3n) is 3.90. The summed E-state index contributed by atoms with van der Waals surface area (Å²) in [5, 5.41) is 9.27. The monoisotopic (exact) mass is 219 g/mol. The lowest BCUT2D eigenvalue weighted by Crippen LogP contribution is -2.48. The molecule has 88 valence electrons. The summed E-state index contributed by atoms with van der Waals surface area (Å²) < 4.78 is 0. The molecule has 1 aliphatic rings. The molecule has 2 rings (SSSR count). The molecule has 0 saturated carbocycles. The molecule has 1 atom stereocenters. The van der Waals surface area contributed by atoms with Gasteiger partial charge in [-0.25, -0.2) is 0 Å². The van der Waals surface area contributed by atoms with Crippen LogP contribution < -0.4 is 0 Å². The fraction of sp³-hybridized carbons (Fsp3) is 0.571. The molecule has 1 aromatic carbocycles. The highest BCUT2D eigenvalue weighted by atomic mass is 16.3. The number of likely N-dealkylation sites (N-methyl/N-ethyl adjacent to an activating group) is 1. The minimum Gasteiger partial charge on any atom is -0.508 e. The highest BCUT2D eigenvalue weighted by molar-refractivity contribution is 5.27. The van der Waals surface area contributed by atoms with Crippen molar-refractivity contribution in [2.24, 2.45) is 0 Å². The average Bonchev–Trinajstić information content (AvgIpc) is 2.26.